The van der Waals surface area contributed by atoms with Crippen molar-refractivity contribution < 1.29 is 24.5 Å². The average Bonchev–Trinajstić information content (AvgIpc) is 3.84. The van der Waals surface area contributed by atoms with Crippen molar-refractivity contribution in [3.05, 3.63) is 187 Å². The maximum absolute atomic E-state index is 5.86. The number of pyridine rings is 2. The number of hydrogen-bond acceptors (Lipinski definition) is 4. The molecule has 0 saturated heterocycles. The van der Waals surface area contributed by atoms with Gasteiger partial charge in [-0.2, -0.15) is 0 Å². The van der Waals surface area contributed by atoms with E-state index in [-0.39, 0.29) is 20.1 Å². The molecule has 0 atom stereocenters. The summed E-state index contributed by atoms with van der Waals surface area (Å²) in [4.78, 5) is 14.3. The van der Waals surface area contributed by atoms with Crippen LogP contribution in [0.4, 0.5) is 0 Å². The van der Waals surface area contributed by atoms with Crippen LogP contribution in [0.25, 0.3) is 83.7 Å². The van der Waals surface area contributed by atoms with Gasteiger partial charge in [0.1, 0.15) is 0 Å². The Bertz CT molecular complexity index is 3110. The molecule has 5 nitrogen and oxygen atoms in total. The first-order chi connectivity index (χ1) is 29.5. The summed E-state index contributed by atoms with van der Waals surface area (Å²) in [5.74, 6) is 8.54. The van der Waals surface area contributed by atoms with E-state index in [0.717, 1.165) is 61.4 Å². The summed E-state index contributed by atoms with van der Waals surface area (Å²) in [6.45, 7) is 8.58. The minimum Gasteiger partial charge on any atom is 0 e. The van der Waals surface area contributed by atoms with Crippen molar-refractivity contribution >= 4 is 50.8 Å². The Morgan fingerprint density at radius 2 is 1.31 bits per heavy atom. The Kier molecular flexibility index (Phi) is 12.3. The third-order valence-electron chi connectivity index (χ3n) is 11.3. The number of benzene rings is 6. The summed E-state index contributed by atoms with van der Waals surface area (Å²) in [5, 5.41) is 2.10. The van der Waals surface area contributed by atoms with E-state index in [9.17, 15) is 0 Å². The molecule has 0 aliphatic heterocycles. The smallest absolute Gasteiger partial charge is 0 e. The summed E-state index contributed by atoms with van der Waals surface area (Å²) in [7, 11) is 0. The van der Waals surface area contributed by atoms with Gasteiger partial charge in [0.25, 0.3) is 0 Å². The van der Waals surface area contributed by atoms with Crippen molar-refractivity contribution in [1.29, 1.82) is 0 Å². The van der Waals surface area contributed by atoms with Crippen molar-refractivity contribution in [3.8, 4) is 50.6 Å². The van der Waals surface area contributed by atoms with Crippen LogP contribution in [-0.2, 0) is 20.1 Å². The van der Waals surface area contributed by atoms with E-state index in [2.05, 4.69) is 205 Å². The number of rotatable bonds is 7. The van der Waals surface area contributed by atoms with Gasteiger partial charge in [-0.05, 0) is 23.3 Å². The minimum atomic E-state index is -1.88. The number of nitrogens with zero attached hydrogens (tertiary/aromatic N) is 4. The van der Waals surface area contributed by atoms with E-state index in [1.165, 1.54) is 37.8 Å². The SMILES string of the molecule is CC(C)c1c[c-]c(-c2nc3ccccc3n2-c2c(-c3ccccc3)cccc2-c2ccccc2)cc1.Cc1ccc2c(n1)oc1c[c-]c(-c3cc(C)[c]([Ge]([CH3])([CH3])[CH3])cn3)cc12.[Ir]. The zero-order chi connectivity index (χ0) is 42.3. The fourth-order valence-electron chi connectivity index (χ4n) is 8.18. The van der Waals surface area contributed by atoms with Crippen LogP contribution < -0.4 is 4.40 Å². The molecular weight excluding hydrogens is 997 g/mol. The molecule has 0 aliphatic rings. The molecule has 4 heterocycles. The molecule has 4 aromatic heterocycles. The first kappa shape index (κ1) is 42.8. The molecule has 0 aliphatic carbocycles. The zero-order valence-corrected chi connectivity index (χ0v) is 40.6. The normalized spacial score (nSPS) is 11.5. The van der Waals surface area contributed by atoms with Gasteiger partial charge >= 0.3 is 150 Å². The van der Waals surface area contributed by atoms with Gasteiger partial charge < -0.3 is 4.57 Å². The van der Waals surface area contributed by atoms with Gasteiger partial charge in [-0.3, -0.25) is 4.98 Å². The van der Waals surface area contributed by atoms with Gasteiger partial charge in [0.2, 0.25) is 0 Å². The second-order valence-corrected chi connectivity index (χ2v) is 27.6. The zero-order valence-electron chi connectivity index (χ0n) is 36.1. The molecule has 10 rings (SSSR count). The number of imidazole rings is 1. The fraction of sp³-hybridized carbons (Fsp3) is 0.145. The third kappa shape index (κ3) is 8.48. The number of aryl methyl sites for hydroxylation is 2. The quantitative estimate of drug-likeness (QED) is 0.118. The molecule has 0 bridgehead atoms. The van der Waals surface area contributed by atoms with Crippen molar-refractivity contribution in [1.82, 2.24) is 19.5 Å². The van der Waals surface area contributed by atoms with Crippen molar-refractivity contribution in [2.24, 2.45) is 0 Å². The minimum absolute atomic E-state index is 0. The number of fused-ring (bicyclic) bond motifs is 4. The molecule has 0 fully saturated rings. The number of para-hydroxylation sites is 3. The Morgan fingerprint density at radius 3 is 1.94 bits per heavy atom. The first-order valence-electron chi connectivity index (χ1n) is 21.0. The second-order valence-electron chi connectivity index (χ2n) is 17.1. The summed E-state index contributed by atoms with van der Waals surface area (Å²) in [6.07, 6.45) is 2.07. The van der Waals surface area contributed by atoms with Gasteiger partial charge in [-0.1, -0.05) is 111 Å². The Labute approximate surface area is 380 Å². The molecular formula is C55H48GeIrN4O-2. The van der Waals surface area contributed by atoms with Gasteiger partial charge in [0, 0.05) is 31.2 Å². The van der Waals surface area contributed by atoms with Gasteiger partial charge in [-0.15, -0.1) is 35.4 Å². The molecule has 309 valence electrons. The second kappa shape index (κ2) is 17.8. The third-order valence-corrected chi connectivity index (χ3v) is 15.8. The van der Waals surface area contributed by atoms with Crippen molar-refractivity contribution in [2.45, 2.75) is 50.9 Å². The molecule has 7 heteroatoms. The molecule has 6 aromatic carbocycles. The molecule has 0 saturated carbocycles. The Morgan fingerprint density at radius 1 is 0.645 bits per heavy atom. The van der Waals surface area contributed by atoms with E-state index < -0.39 is 13.3 Å². The average molecular weight is 1050 g/mol. The fourth-order valence-corrected chi connectivity index (χ4v) is 11.8. The molecule has 0 amide bonds. The number of furan rings is 1. The maximum atomic E-state index is 5.86. The summed E-state index contributed by atoms with van der Waals surface area (Å²) < 4.78 is 9.63. The van der Waals surface area contributed by atoms with Crippen molar-refractivity contribution in [3.63, 3.8) is 0 Å². The molecule has 62 heavy (non-hydrogen) atoms. The first-order valence-corrected chi connectivity index (χ1v) is 28.3. The van der Waals surface area contributed by atoms with Gasteiger partial charge in [0.15, 0.2) is 0 Å². The standard InChI is InChI=1S/C34H27N2.C21H21GeN2O.Ir/c1-24(2)25-20-22-28(23-21-25)34-35-31-18-9-10-19-32(31)36(34)33-29(26-12-5-3-6-13-26)16-11-17-30(33)27-14-7-4-8-15-27;1-13-10-19(23-12-18(13)22(3,4)5)15-7-9-20-17(11-15)16-8-6-14(2)24-21(16)25-20;/h3-22,24H,1-2H3;6,8-12H,1-5H3;/q2*-1;. The van der Waals surface area contributed by atoms with Crippen LogP contribution in [-0.4, -0.2) is 32.8 Å². The molecule has 0 N–H and O–H groups in total. The van der Waals surface area contributed by atoms with E-state index in [1.807, 2.05) is 19.1 Å². The van der Waals surface area contributed by atoms with E-state index in [0.29, 0.717) is 11.6 Å². The predicted molar refractivity (Wildman–Crippen MR) is 256 cm³/mol. The summed E-state index contributed by atoms with van der Waals surface area (Å²) >= 11 is -1.88. The number of hydrogen-bond donors (Lipinski definition) is 0. The van der Waals surface area contributed by atoms with E-state index in [4.69, 9.17) is 14.4 Å². The van der Waals surface area contributed by atoms with Crippen molar-refractivity contribution in [2.75, 3.05) is 0 Å². The van der Waals surface area contributed by atoms with Gasteiger partial charge in [0.05, 0.1) is 22.5 Å². The van der Waals surface area contributed by atoms with Gasteiger partial charge in [-0.25, -0.2) is 0 Å². The molecule has 0 spiro atoms. The summed E-state index contributed by atoms with van der Waals surface area (Å²) in [6, 6.07) is 59.8. The monoisotopic (exact) mass is 1050 g/mol. The van der Waals surface area contributed by atoms with Crippen LogP contribution in [0.5, 0.6) is 0 Å². The Hall–Kier alpha value is -5.92. The largest absolute Gasteiger partial charge is 0 e. The van der Waals surface area contributed by atoms with E-state index in [1.54, 1.807) is 0 Å². The number of aromatic nitrogens is 4. The van der Waals surface area contributed by atoms with E-state index >= 15 is 0 Å². The predicted octanol–water partition coefficient (Wildman–Crippen LogP) is 14.0. The summed E-state index contributed by atoms with van der Waals surface area (Å²) in [5.41, 5.74) is 15.9. The van der Waals surface area contributed by atoms with Crippen LogP contribution in [0.15, 0.2) is 162 Å². The van der Waals surface area contributed by atoms with Crippen LogP contribution in [0.1, 0.15) is 36.6 Å². The molecule has 1 radical (unpaired) electrons. The van der Waals surface area contributed by atoms with Crippen LogP contribution in [0.2, 0.25) is 17.3 Å². The molecule has 0 unspecified atom stereocenters. The Balaban J connectivity index is 0.000000179. The molecule has 10 aromatic rings. The topological polar surface area (TPSA) is 56.7 Å². The van der Waals surface area contributed by atoms with Crippen LogP contribution in [0.3, 0.4) is 0 Å². The maximum Gasteiger partial charge on any atom is 0 e. The van der Waals surface area contributed by atoms with Crippen LogP contribution in [0, 0.1) is 26.0 Å². The van der Waals surface area contributed by atoms with Crippen LogP contribution >= 0.6 is 0 Å².